The summed E-state index contributed by atoms with van der Waals surface area (Å²) in [4.78, 5) is 6.79. The van der Waals surface area contributed by atoms with Gasteiger partial charge < -0.3 is 25.0 Å². The van der Waals surface area contributed by atoms with E-state index in [1.807, 2.05) is 25.2 Å². The van der Waals surface area contributed by atoms with Gasteiger partial charge in [-0.05, 0) is 43.9 Å². The van der Waals surface area contributed by atoms with Crippen molar-refractivity contribution in [1.82, 2.24) is 10.6 Å². The fourth-order valence-corrected chi connectivity index (χ4v) is 3.99. The maximum Gasteiger partial charge on any atom is 0.191 e. The molecule has 2 aromatic rings. The van der Waals surface area contributed by atoms with Gasteiger partial charge in [-0.25, -0.2) is 0 Å². The first-order valence-electron chi connectivity index (χ1n) is 10.9. The van der Waals surface area contributed by atoms with Crippen LogP contribution >= 0.6 is 24.0 Å². The molecule has 7 heteroatoms. The van der Waals surface area contributed by atoms with Gasteiger partial charge in [0.2, 0.25) is 0 Å². The van der Waals surface area contributed by atoms with Crippen molar-refractivity contribution in [3.05, 3.63) is 54.1 Å². The maximum atomic E-state index is 6.15. The number of halogens is 1. The summed E-state index contributed by atoms with van der Waals surface area (Å²) in [7, 11) is 3.54. The zero-order valence-corrected chi connectivity index (χ0v) is 20.7. The predicted octanol–water partition coefficient (Wildman–Crippen LogP) is 4.19. The maximum absolute atomic E-state index is 6.15. The molecular formula is C24H33IN4O2. The van der Waals surface area contributed by atoms with Gasteiger partial charge in [-0.15, -0.1) is 24.0 Å². The van der Waals surface area contributed by atoms with Crippen LogP contribution in [0.3, 0.4) is 0 Å². The Hall–Kier alpha value is -2.16. The largest absolute Gasteiger partial charge is 0.495 e. The highest BCUT2D eigenvalue weighted by atomic mass is 127. The van der Waals surface area contributed by atoms with Crippen molar-refractivity contribution < 1.29 is 9.47 Å². The first-order valence-corrected chi connectivity index (χ1v) is 10.9. The Morgan fingerprint density at radius 1 is 1.06 bits per heavy atom. The van der Waals surface area contributed by atoms with Gasteiger partial charge in [-0.1, -0.05) is 30.3 Å². The Kier molecular flexibility index (Phi) is 8.69. The van der Waals surface area contributed by atoms with Gasteiger partial charge in [-0.3, -0.25) is 4.99 Å². The lowest BCUT2D eigenvalue weighted by Gasteiger charge is -2.27. The minimum Gasteiger partial charge on any atom is -0.495 e. The third-order valence-corrected chi connectivity index (χ3v) is 5.94. The molecule has 4 rings (SSSR count). The van der Waals surface area contributed by atoms with Crippen molar-refractivity contribution in [1.29, 1.82) is 0 Å². The molecule has 0 spiro atoms. The van der Waals surface area contributed by atoms with Gasteiger partial charge >= 0.3 is 0 Å². The van der Waals surface area contributed by atoms with Gasteiger partial charge in [0.1, 0.15) is 11.5 Å². The van der Waals surface area contributed by atoms with Crippen LogP contribution in [0, 0.1) is 0 Å². The normalized spacial score (nSPS) is 18.7. The van der Waals surface area contributed by atoms with Crippen LogP contribution in [-0.4, -0.2) is 45.4 Å². The third kappa shape index (κ3) is 5.96. The van der Waals surface area contributed by atoms with Crippen LogP contribution in [0.5, 0.6) is 11.5 Å². The van der Waals surface area contributed by atoms with E-state index in [-0.39, 0.29) is 24.0 Å². The van der Waals surface area contributed by atoms with Gasteiger partial charge in [0, 0.05) is 38.3 Å². The van der Waals surface area contributed by atoms with Crippen LogP contribution in [0.25, 0.3) is 0 Å². The standard InChI is InChI=1S/C24H32N4O2.HI/c1-25-24(26-16-18-8-3-5-12-22(18)30-20-9-7-10-20)27-19-14-15-28(17-19)21-11-4-6-13-23(21)29-2;/h3-6,8,11-13,19-20H,7,9-10,14-17H2,1-2H3,(H2,25,26,27);1H. The molecular weight excluding hydrogens is 503 g/mol. The van der Waals surface area contributed by atoms with E-state index in [0.29, 0.717) is 18.7 Å². The number of rotatable bonds is 7. The van der Waals surface area contributed by atoms with Crippen molar-refractivity contribution >= 4 is 35.6 Å². The lowest BCUT2D eigenvalue weighted by atomic mass is 9.96. The van der Waals surface area contributed by atoms with Gasteiger partial charge in [-0.2, -0.15) is 0 Å². The molecule has 2 aliphatic rings. The summed E-state index contributed by atoms with van der Waals surface area (Å²) >= 11 is 0. The highest BCUT2D eigenvalue weighted by molar-refractivity contribution is 14.0. The van der Waals surface area contributed by atoms with E-state index < -0.39 is 0 Å². The molecule has 168 valence electrons. The Balaban J connectivity index is 0.00000272. The number of anilines is 1. The van der Waals surface area contributed by atoms with E-state index in [9.17, 15) is 0 Å². The van der Waals surface area contributed by atoms with Crippen molar-refractivity contribution in [3.8, 4) is 11.5 Å². The summed E-state index contributed by atoms with van der Waals surface area (Å²) in [5.41, 5.74) is 2.31. The molecule has 2 N–H and O–H groups in total. The van der Waals surface area contributed by atoms with Crippen molar-refractivity contribution in [2.75, 3.05) is 32.1 Å². The fraction of sp³-hybridized carbons (Fsp3) is 0.458. The van der Waals surface area contributed by atoms with Crippen molar-refractivity contribution in [2.45, 2.75) is 44.4 Å². The highest BCUT2D eigenvalue weighted by Gasteiger charge is 2.25. The molecule has 1 aliphatic heterocycles. The van der Waals surface area contributed by atoms with E-state index >= 15 is 0 Å². The second kappa shape index (κ2) is 11.5. The lowest BCUT2D eigenvalue weighted by Crippen LogP contribution is -2.44. The summed E-state index contributed by atoms with van der Waals surface area (Å²) in [6, 6.07) is 16.8. The van der Waals surface area contributed by atoms with Crippen LogP contribution < -0.4 is 25.0 Å². The van der Waals surface area contributed by atoms with Crippen molar-refractivity contribution in [2.24, 2.45) is 4.99 Å². The van der Waals surface area contributed by atoms with Gasteiger partial charge in [0.15, 0.2) is 5.96 Å². The SMILES string of the molecule is CN=C(NCc1ccccc1OC1CCC1)NC1CCN(c2ccccc2OC)C1.I. The molecule has 1 saturated heterocycles. The van der Waals surface area contributed by atoms with Crippen LogP contribution in [0.2, 0.25) is 0 Å². The molecule has 1 aliphatic carbocycles. The number of guanidine groups is 1. The molecule has 0 amide bonds. The number of nitrogens with one attached hydrogen (secondary N) is 2. The molecule has 1 unspecified atom stereocenters. The van der Waals surface area contributed by atoms with Crippen LogP contribution in [0.4, 0.5) is 5.69 Å². The zero-order chi connectivity index (χ0) is 20.8. The Labute approximate surface area is 202 Å². The molecule has 6 nitrogen and oxygen atoms in total. The number of benzene rings is 2. The molecule has 2 fully saturated rings. The third-order valence-electron chi connectivity index (χ3n) is 5.94. The average Bonchev–Trinajstić information content (AvgIpc) is 3.22. The monoisotopic (exact) mass is 536 g/mol. The number of aliphatic imine (C=N–C) groups is 1. The van der Waals surface area contributed by atoms with Gasteiger partial charge in [0.05, 0.1) is 18.9 Å². The smallest absolute Gasteiger partial charge is 0.191 e. The van der Waals surface area contributed by atoms with E-state index in [0.717, 1.165) is 61.1 Å². The summed E-state index contributed by atoms with van der Waals surface area (Å²) in [6.07, 6.45) is 5.03. The molecule has 0 bridgehead atoms. The average molecular weight is 536 g/mol. The fourth-order valence-electron chi connectivity index (χ4n) is 3.99. The molecule has 31 heavy (non-hydrogen) atoms. The van der Waals surface area contributed by atoms with E-state index in [2.05, 4.69) is 50.9 Å². The first kappa shape index (κ1) is 23.5. The number of ether oxygens (including phenoxy) is 2. The van der Waals surface area contributed by atoms with E-state index in [1.54, 1.807) is 7.11 Å². The van der Waals surface area contributed by atoms with Crippen LogP contribution in [0.1, 0.15) is 31.2 Å². The second-order valence-corrected chi connectivity index (χ2v) is 7.95. The quantitative estimate of drug-likeness (QED) is 0.316. The van der Waals surface area contributed by atoms with Crippen molar-refractivity contribution in [3.63, 3.8) is 0 Å². The summed E-state index contributed by atoms with van der Waals surface area (Å²) < 4.78 is 11.7. The van der Waals surface area contributed by atoms with Gasteiger partial charge in [0.25, 0.3) is 0 Å². The first-order chi connectivity index (χ1) is 14.8. The zero-order valence-electron chi connectivity index (χ0n) is 18.3. The van der Waals surface area contributed by atoms with E-state index in [4.69, 9.17) is 9.47 Å². The predicted molar refractivity (Wildman–Crippen MR) is 137 cm³/mol. The molecule has 0 radical (unpaired) electrons. The Morgan fingerprint density at radius 2 is 1.81 bits per heavy atom. The van der Waals surface area contributed by atoms with Crippen LogP contribution in [0.15, 0.2) is 53.5 Å². The number of methoxy groups -OCH3 is 1. The second-order valence-electron chi connectivity index (χ2n) is 7.95. The Morgan fingerprint density at radius 3 is 2.52 bits per heavy atom. The summed E-state index contributed by atoms with van der Waals surface area (Å²) in [6.45, 7) is 2.60. The number of hydrogen-bond acceptors (Lipinski definition) is 4. The van der Waals surface area contributed by atoms with Crippen LogP contribution in [-0.2, 0) is 6.54 Å². The highest BCUT2D eigenvalue weighted by Crippen LogP contribution is 2.30. The Bertz CT molecular complexity index is 872. The topological polar surface area (TPSA) is 58.1 Å². The molecule has 2 aromatic carbocycles. The van der Waals surface area contributed by atoms with E-state index in [1.165, 1.54) is 6.42 Å². The molecule has 1 heterocycles. The number of para-hydroxylation sites is 3. The minimum atomic E-state index is 0. The lowest BCUT2D eigenvalue weighted by molar-refractivity contribution is 0.119. The molecule has 1 saturated carbocycles. The summed E-state index contributed by atoms with van der Waals surface area (Å²) in [5, 5.41) is 7.03. The summed E-state index contributed by atoms with van der Waals surface area (Å²) in [5.74, 6) is 2.72. The number of nitrogens with zero attached hydrogens (tertiary/aromatic N) is 2. The molecule has 1 atom stereocenters. The number of hydrogen-bond donors (Lipinski definition) is 2. The molecule has 0 aromatic heterocycles. The minimum absolute atomic E-state index is 0.